The summed E-state index contributed by atoms with van der Waals surface area (Å²) in [6.45, 7) is 0.108. The van der Waals surface area contributed by atoms with Crippen LogP contribution in [0.1, 0.15) is 0 Å². The van der Waals surface area contributed by atoms with Crippen molar-refractivity contribution in [2.24, 2.45) is 16.5 Å². The van der Waals surface area contributed by atoms with Crippen molar-refractivity contribution in [3.63, 3.8) is 0 Å². The number of nitrogens with one attached hydrogen (secondary N) is 3. The Balaban J connectivity index is 4.01. The number of alkyl halides is 3. The molecule has 0 fully saturated rings. The van der Waals surface area contributed by atoms with Crippen LogP contribution in [0.25, 0.3) is 0 Å². The van der Waals surface area contributed by atoms with Crippen LogP contribution in [0.4, 0.5) is 13.2 Å². The lowest BCUT2D eigenvalue weighted by atomic mass is 10.5. The fraction of sp³-hybridized carbons (Fsp3) is 0.667. The second-order valence-electron chi connectivity index (χ2n) is 2.79. The van der Waals surface area contributed by atoms with Crippen molar-refractivity contribution >= 4 is 11.9 Å². The Hall–Kier alpha value is -1.59. The number of carbonyl (C=O) groups is 1. The molecule has 0 bridgehead atoms. The van der Waals surface area contributed by atoms with Gasteiger partial charge in [-0.25, -0.2) is 0 Å². The Kier molecular flexibility index (Phi) is 6.23. The molecule has 0 aromatic rings. The largest absolute Gasteiger partial charge is 0.471 e. The van der Waals surface area contributed by atoms with E-state index in [1.807, 2.05) is 0 Å². The first kappa shape index (κ1) is 15.4. The minimum absolute atomic E-state index is 0.0360. The Labute approximate surface area is 94.2 Å². The number of nitrogens with zero attached hydrogens (tertiary/aromatic N) is 1. The maximum Gasteiger partial charge on any atom is 0.471 e. The molecule has 0 rings (SSSR count). The highest BCUT2D eigenvalue weighted by Gasteiger charge is 2.39. The maximum absolute atomic E-state index is 11.8. The molecule has 100 valence electrons. The highest BCUT2D eigenvalue weighted by Crippen LogP contribution is 2.13. The molecule has 1 unspecified atom stereocenters. The van der Waals surface area contributed by atoms with Crippen LogP contribution in [0, 0.1) is 0 Å². The molecule has 0 radical (unpaired) electrons. The van der Waals surface area contributed by atoms with Crippen molar-refractivity contribution in [3.05, 3.63) is 0 Å². The molecule has 0 saturated carbocycles. The average Bonchev–Trinajstić information content (AvgIpc) is 2.20. The van der Waals surface area contributed by atoms with Gasteiger partial charge in [-0.05, 0) is 0 Å². The van der Waals surface area contributed by atoms with Crippen LogP contribution in [0.3, 0.4) is 0 Å². The molecule has 8 N–H and O–H groups in total. The molecular formula is C6H13F3N6O2. The lowest BCUT2D eigenvalue weighted by molar-refractivity contribution is -0.175. The van der Waals surface area contributed by atoms with Gasteiger partial charge in [0.2, 0.25) is 0 Å². The highest BCUT2D eigenvalue weighted by atomic mass is 19.4. The van der Waals surface area contributed by atoms with E-state index in [9.17, 15) is 18.0 Å². The van der Waals surface area contributed by atoms with E-state index in [1.165, 1.54) is 10.8 Å². The molecule has 0 saturated heterocycles. The molecule has 0 aromatic carbocycles. The number of guanidine groups is 1. The van der Waals surface area contributed by atoms with Crippen molar-refractivity contribution in [2.45, 2.75) is 12.5 Å². The summed E-state index contributed by atoms with van der Waals surface area (Å²) in [6, 6.07) is 0. The van der Waals surface area contributed by atoms with E-state index in [-0.39, 0.29) is 19.0 Å². The summed E-state index contributed by atoms with van der Waals surface area (Å²) in [6.07, 6.45) is -6.49. The van der Waals surface area contributed by atoms with Crippen LogP contribution in [0.2, 0.25) is 0 Å². The number of nitrogens with two attached hydrogens (primary N) is 2. The third-order valence-electron chi connectivity index (χ3n) is 1.42. The van der Waals surface area contributed by atoms with Crippen molar-refractivity contribution in [3.8, 4) is 0 Å². The first-order valence-corrected chi connectivity index (χ1v) is 4.33. The summed E-state index contributed by atoms with van der Waals surface area (Å²) in [5.74, 6) is -2.38. The summed E-state index contributed by atoms with van der Waals surface area (Å²) < 4.78 is 35.5. The summed E-state index contributed by atoms with van der Waals surface area (Å²) >= 11 is 0. The van der Waals surface area contributed by atoms with E-state index >= 15 is 0 Å². The standard InChI is InChI=1S/C6H13F3N6O2/c7-6(8,9)3(16)14-5(15-17)13-2-1-12-4(10)11/h5,13,15,17H,1-2H2,(H,14,16)(H4,10,11,12). The number of rotatable bonds is 6. The number of hydrogen-bond donors (Lipinski definition) is 6. The minimum Gasteiger partial charge on any atom is -0.370 e. The van der Waals surface area contributed by atoms with Crippen molar-refractivity contribution in [1.82, 2.24) is 16.1 Å². The minimum atomic E-state index is -5.03. The topological polar surface area (TPSA) is 138 Å². The van der Waals surface area contributed by atoms with E-state index in [1.54, 1.807) is 0 Å². The number of halogens is 3. The van der Waals surface area contributed by atoms with Crippen LogP contribution in [-0.2, 0) is 4.79 Å². The van der Waals surface area contributed by atoms with Gasteiger partial charge in [-0.3, -0.25) is 15.1 Å². The van der Waals surface area contributed by atoms with E-state index < -0.39 is 18.4 Å². The highest BCUT2D eigenvalue weighted by molar-refractivity contribution is 5.81. The van der Waals surface area contributed by atoms with Crippen LogP contribution in [-0.4, -0.2) is 42.6 Å². The maximum atomic E-state index is 11.8. The Morgan fingerprint density at radius 1 is 1.41 bits per heavy atom. The second kappa shape index (κ2) is 6.88. The molecular weight excluding hydrogens is 245 g/mol. The van der Waals surface area contributed by atoms with Gasteiger partial charge in [0, 0.05) is 6.54 Å². The number of hydrogen-bond acceptors (Lipinski definition) is 5. The van der Waals surface area contributed by atoms with Gasteiger partial charge in [0.15, 0.2) is 12.2 Å². The molecule has 17 heavy (non-hydrogen) atoms. The lowest BCUT2D eigenvalue weighted by Crippen LogP contribution is -2.57. The summed E-state index contributed by atoms with van der Waals surface area (Å²) in [7, 11) is 0. The van der Waals surface area contributed by atoms with Gasteiger partial charge >= 0.3 is 12.1 Å². The molecule has 0 aliphatic heterocycles. The van der Waals surface area contributed by atoms with Gasteiger partial charge in [0.1, 0.15) is 0 Å². The molecule has 11 heteroatoms. The van der Waals surface area contributed by atoms with Crippen LogP contribution < -0.4 is 27.6 Å². The quantitative estimate of drug-likeness (QED) is 0.105. The molecule has 0 aliphatic carbocycles. The predicted octanol–water partition coefficient (Wildman–Crippen LogP) is -2.21. The van der Waals surface area contributed by atoms with Gasteiger partial charge in [0.05, 0.1) is 6.54 Å². The molecule has 1 atom stereocenters. The summed E-state index contributed by atoms with van der Waals surface area (Å²) in [5.41, 5.74) is 11.4. The van der Waals surface area contributed by atoms with Gasteiger partial charge in [-0.15, -0.1) is 0 Å². The zero-order chi connectivity index (χ0) is 13.5. The fourth-order valence-corrected chi connectivity index (χ4v) is 0.736. The Morgan fingerprint density at radius 3 is 2.41 bits per heavy atom. The third-order valence-corrected chi connectivity index (χ3v) is 1.42. The summed E-state index contributed by atoms with van der Waals surface area (Å²) in [5, 5.41) is 12.2. The predicted molar refractivity (Wildman–Crippen MR) is 51.6 cm³/mol. The first-order valence-electron chi connectivity index (χ1n) is 4.33. The molecule has 0 aliphatic rings. The summed E-state index contributed by atoms with van der Waals surface area (Å²) in [4.78, 5) is 14.0. The van der Waals surface area contributed by atoms with Crippen LogP contribution in [0.15, 0.2) is 4.99 Å². The van der Waals surface area contributed by atoms with Crippen molar-refractivity contribution < 1.29 is 23.2 Å². The lowest BCUT2D eigenvalue weighted by Gasteiger charge is -2.18. The van der Waals surface area contributed by atoms with Gasteiger partial charge in [0.25, 0.3) is 0 Å². The zero-order valence-electron chi connectivity index (χ0n) is 8.58. The van der Waals surface area contributed by atoms with E-state index in [2.05, 4.69) is 10.3 Å². The van der Waals surface area contributed by atoms with Crippen LogP contribution in [0.5, 0.6) is 0 Å². The van der Waals surface area contributed by atoms with E-state index in [0.29, 0.717) is 0 Å². The zero-order valence-corrected chi connectivity index (χ0v) is 8.58. The second-order valence-corrected chi connectivity index (χ2v) is 2.79. The monoisotopic (exact) mass is 258 g/mol. The SMILES string of the molecule is NC(N)=NCCNC(NO)NC(=O)C(F)(F)F. The fourth-order valence-electron chi connectivity index (χ4n) is 0.736. The van der Waals surface area contributed by atoms with Gasteiger partial charge in [-0.1, -0.05) is 0 Å². The first-order chi connectivity index (χ1) is 7.77. The molecule has 0 spiro atoms. The number of hydroxylamine groups is 1. The van der Waals surface area contributed by atoms with E-state index in [0.717, 1.165) is 0 Å². The smallest absolute Gasteiger partial charge is 0.370 e. The number of amides is 1. The van der Waals surface area contributed by atoms with Crippen LogP contribution >= 0.6 is 0 Å². The molecule has 8 nitrogen and oxygen atoms in total. The van der Waals surface area contributed by atoms with Gasteiger partial charge in [-0.2, -0.15) is 18.7 Å². The van der Waals surface area contributed by atoms with Crippen molar-refractivity contribution in [1.29, 1.82) is 0 Å². The van der Waals surface area contributed by atoms with Crippen molar-refractivity contribution in [2.75, 3.05) is 13.1 Å². The molecule has 0 heterocycles. The number of aliphatic imine (C=N–C) groups is 1. The molecule has 0 aromatic heterocycles. The van der Waals surface area contributed by atoms with E-state index in [4.69, 9.17) is 16.7 Å². The Bertz CT molecular complexity index is 277. The number of carbonyl (C=O) groups excluding carboxylic acids is 1. The Morgan fingerprint density at radius 2 is 2.00 bits per heavy atom. The molecule has 1 amide bonds. The normalized spacial score (nSPS) is 12.9. The third kappa shape index (κ3) is 7.32. The van der Waals surface area contributed by atoms with Gasteiger partial charge < -0.3 is 22.0 Å². The average molecular weight is 258 g/mol.